The van der Waals surface area contributed by atoms with E-state index in [1.807, 2.05) is 18.2 Å². The summed E-state index contributed by atoms with van der Waals surface area (Å²) in [4.78, 5) is 40.6. The van der Waals surface area contributed by atoms with Crippen molar-refractivity contribution in [1.29, 1.82) is 0 Å². The molecule has 2 aromatic rings. The molecule has 0 unspecified atom stereocenters. The van der Waals surface area contributed by atoms with Gasteiger partial charge in [0.15, 0.2) is 0 Å². The van der Waals surface area contributed by atoms with Crippen molar-refractivity contribution >= 4 is 29.2 Å². The van der Waals surface area contributed by atoms with Crippen molar-refractivity contribution in [2.75, 3.05) is 30.0 Å². The fourth-order valence-corrected chi connectivity index (χ4v) is 4.15. The molecule has 0 fully saturated rings. The van der Waals surface area contributed by atoms with E-state index in [1.54, 1.807) is 34.9 Å². The van der Waals surface area contributed by atoms with Crippen molar-refractivity contribution in [2.24, 2.45) is 0 Å². The number of benzene rings is 2. The van der Waals surface area contributed by atoms with E-state index in [4.69, 9.17) is 4.74 Å². The summed E-state index contributed by atoms with van der Waals surface area (Å²) in [7, 11) is 1.36. The topological polar surface area (TPSA) is 66.9 Å². The highest BCUT2D eigenvalue weighted by molar-refractivity contribution is 6.08. The number of hydrogen-bond donors (Lipinski definition) is 0. The van der Waals surface area contributed by atoms with Crippen LogP contribution in [0.4, 0.5) is 11.4 Å². The third-order valence-corrected chi connectivity index (χ3v) is 5.50. The van der Waals surface area contributed by atoms with Crippen LogP contribution in [-0.4, -0.2) is 38.0 Å². The molecule has 28 heavy (non-hydrogen) atoms. The van der Waals surface area contributed by atoms with Gasteiger partial charge < -0.3 is 14.5 Å². The standard InChI is InChI=1S/C22H22N2O4/c1-14(25)23-12-10-15-13-16(8-9-19(15)23)21(26)24-11-4-6-17-18(22(27)28-2)5-3-7-20(17)24/h3,5,7-9,13H,4,6,10-12H2,1-2H3. The first-order valence-corrected chi connectivity index (χ1v) is 9.44. The summed E-state index contributed by atoms with van der Waals surface area (Å²) in [6, 6.07) is 10.9. The number of carbonyl (C=O) groups excluding carboxylic acids is 3. The molecule has 0 spiro atoms. The molecule has 0 aromatic heterocycles. The Morgan fingerprint density at radius 1 is 0.964 bits per heavy atom. The number of fused-ring (bicyclic) bond motifs is 2. The van der Waals surface area contributed by atoms with Crippen LogP contribution in [0.3, 0.4) is 0 Å². The molecular formula is C22H22N2O4. The van der Waals surface area contributed by atoms with E-state index in [0.29, 0.717) is 24.2 Å². The summed E-state index contributed by atoms with van der Waals surface area (Å²) < 4.78 is 4.89. The van der Waals surface area contributed by atoms with Gasteiger partial charge in [-0.05, 0) is 60.7 Å². The highest BCUT2D eigenvalue weighted by atomic mass is 16.5. The Morgan fingerprint density at radius 3 is 2.54 bits per heavy atom. The fraction of sp³-hybridized carbons (Fsp3) is 0.318. The summed E-state index contributed by atoms with van der Waals surface area (Å²) in [5, 5.41) is 0. The van der Waals surface area contributed by atoms with Gasteiger partial charge in [0.1, 0.15) is 0 Å². The lowest BCUT2D eigenvalue weighted by Gasteiger charge is -2.30. The van der Waals surface area contributed by atoms with Crippen LogP contribution in [0, 0.1) is 0 Å². The van der Waals surface area contributed by atoms with E-state index in [9.17, 15) is 14.4 Å². The first-order chi connectivity index (χ1) is 13.5. The third-order valence-electron chi connectivity index (χ3n) is 5.50. The summed E-state index contributed by atoms with van der Waals surface area (Å²) in [5.41, 5.74) is 4.64. The van der Waals surface area contributed by atoms with Crippen molar-refractivity contribution in [3.05, 3.63) is 58.7 Å². The second kappa shape index (κ2) is 7.11. The average Bonchev–Trinajstić information content (AvgIpc) is 3.15. The van der Waals surface area contributed by atoms with Crippen LogP contribution in [-0.2, 0) is 22.4 Å². The number of esters is 1. The van der Waals surface area contributed by atoms with Crippen molar-refractivity contribution in [1.82, 2.24) is 0 Å². The number of ether oxygens (including phenoxy) is 1. The normalized spacial score (nSPS) is 15.1. The smallest absolute Gasteiger partial charge is 0.338 e. The Kier molecular flexibility index (Phi) is 4.63. The van der Waals surface area contributed by atoms with Crippen LogP contribution in [0.1, 0.15) is 45.2 Å². The molecule has 4 rings (SSSR count). The van der Waals surface area contributed by atoms with Crippen molar-refractivity contribution in [3.63, 3.8) is 0 Å². The molecule has 2 heterocycles. The molecule has 0 saturated carbocycles. The molecule has 0 saturated heterocycles. The predicted molar refractivity (Wildman–Crippen MR) is 106 cm³/mol. The third kappa shape index (κ3) is 2.95. The average molecular weight is 378 g/mol. The number of hydrogen-bond acceptors (Lipinski definition) is 4. The van der Waals surface area contributed by atoms with Gasteiger partial charge in [-0.2, -0.15) is 0 Å². The van der Waals surface area contributed by atoms with Crippen LogP contribution in [0.5, 0.6) is 0 Å². The SMILES string of the molecule is COC(=O)c1cccc2c1CCCN2C(=O)c1ccc2c(c1)CCN2C(C)=O. The van der Waals surface area contributed by atoms with Gasteiger partial charge in [0.25, 0.3) is 5.91 Å². The zero-order valence-corrected chi connectivity index (χ0v) is 16.0. The zero-order valence-electron chi connectivity index (χ0n) is 16.0. The summed E-state index contributed by atoms with van der Waals surface area (Å²) in [5.74, 6) is -0.460. The van der Waals surface area contributed by atoms with Crippen LogP contribution < -0.4 is 9.80 Å². The molecule has 2 aliphatic rings. The van der Waals surface area contributed by atoms with Gasteiger partial charge >= 0.3 is 5.97 Å². The van der Waals surface area contributed by atoms with Crippen LogP contribution in [0.15, 0.2) is 36.4 Å². The van der Waals surface area contributed by atoms with E-state index >= 15 is 0 Å². The molecule has 144 valence electrons. The molecular weight excluding hydrogens is 356 g/mol. The minimum absolute atomic E-state index is 0.0122. The fourth-order valence-electron chi connectivity index (χ4n) is 4.15. The molecule has 2 amide bonds. The largest absolute Gasteiger partial charge is 0.465 e. The van der Waals surface area contributed by atoms with E-state index < -0.39 is 0 Å². The molecule has 2 aromatic carbocycles. The molecule has 0 aliphatic carbocycles. The number of rotatable bonds is 2. The molecule has 6 heteroatoms. The van der Waals surface area contributed by atoms with Crippen molar-refractivity contribution in [2.45, 2.75) is 26.2 Å². The second-order valence-electron chi connectivity index (χ2n) is 7.12. The quantitative estimate of drug-likeness (QED) is 0.754. The summed E-state index contributed by atoms with van der Waals surface area (Å²) >= 11 is 0. The van der Waals surface area contributed by atoms with Gasteiger partial charge in [-0.15, -0.1) is 0 Å². The van der Waals surface area contributed by atoms with E-state index in [0.717, 1.165) is 41.8 Å². The molecule has 0 radical (unpaired) electrons. The molecule has 0 N–H and O–H groups in total. The monoisotopic (exact) mass is 378 g/mol. The Bertz CT molecular complexity index is 982. The lowest BCUT2D eigenvalue weighted by Crippen LogP contribution is -2.36. The van der Waals surface area contributed by atoms with Crippen LogP contribution >= 0.6 is 0 Å². The van der Waals surface area contributed by atoms with Gasteiger partial charge in [0, 0.05) is 37.0 Å². The van der Waals surface area contributed by atoms with Gasteiger partial charge in [-0.1, -0.05) is 6.07 Å². The maximum atomic E-state index is 13.3. The highest BCUT2D eigenvalue weighted by Crippen LogP contribution is 2.33. The van der Waals surface area contributed by atoms with Crippen molar-refractivity contribution in [3.8, 4) is 0 Å². The van der Waals surface area contributed by atoms with Crippen LogP contribution in [0.25, 0.3) is 0 Å². The van der Waals surface area contributed by atoms with Gasteiger partial charge in [-0.25, -0.2) is 4.79 Å². The first kappa shape index (κ1) is 18.2. The number of methoxy groups -OCH3 is 1. The zero-order chi connectivity index (χ0) is 19.8. The Hall–Kier alpha value is -3.15. The maximum Gasteiger partial charge on any atom is 0.338 e. The minimum Gasteiger partial charge on any atom is -0.465 e. The van der Waals surface area contributed by atoms with Gasteiger partial charge in [0.05, 0.1) is 12.7 Å². The predicted octanol–water partition coefficient (Wildman–Crippen LogP) is 2.98. The number of nitrogens with zero attached hydrogens (tertiary/aromatic N) is 2. The first-order valence-electron chi connectivity index (χ1n) is 9.44. The number of amides is 2. The van der Waals surface area contributed by atoms with Gasteiger partial charge in [-0.3, -0.25) is 9.59 Å². The minimum atomic E-state index is -0.381. The Morgan fingerprint density at radius 2 is 1.79 bits per heavy atom. The molecule has 2 aliphatic heterocycles. The van der Waals surface area contributed by atoms with Crippen molar-refractivity contribution < 1.29 is 19.1 Å². The lowest BCUT2D eigenvalue weighted by molar-refractivity contribution is -0.116. The summed E-state index contributed by atoms with van der Waals surface area (Å²) in [6.07, 6.45) is 2.27. The van der Waals surface area contributed by atoms with Crippen LogP contribution in [0.2, 0.25) is 0 Å². The molecule has 0 atom stereocenters. The highest BCUT2D eigenvalue weighted by Gasteiger charge is 2.29. The van der Waals surface area contributed by atoms with E-state index in [1.165, 1.54) is 7.11 Å². The summed E-state index contributed by atoms with van der Waals surface area (Å²) in [6.45, 7) is 2.81. The molecule has 6 nitrogen and oxygen atoms in total. The van der Waals surface area contributed by atoms with Gasteiger partial charge in [0.2, 0.25) is 5.91 Å². The Labute approximate surface area is 163 Å². The van der Waals surface area contributed by atoms with E-state index in [-0.39, 0.29) is 17.8 Å². The Balaban J connectivity index is 1.68. The maximum absolute atomic E-state index is 13.3. The lowest BCUT2D eigenvalue weighted by atomic mass is 9.95. The molecule has 0 bridgehead atoms. The number of carbonyl (C=O) groups is 3. The number of anilines is 2. The van der Waals surface area contributed by atoms with E-state index in [2.05, 4.69) is 0 Å². The second-order valence-corrected chi connectivity index (χ2v) is 7.12.